The molecule has 2 aliphatic carbocycles. The van der Waals surface area contributed by atoms with Crippen LogP contribution >= 0.6 is 0 Å². The lowest BCUT2D eigenvalue weighted by Crippen LogP contribution is -1.89. The normalized spacial score (nSPS) is 14.0. The third-order valence-electron chi connectivity index (χ3n) is 5.18. The second-order valence-corrected chi connectivity index (χ2v) is 6.16. The van der Waals surface area contributed by atoms with Crippen molar-refractivity contribution in [3.8, 4) is 0 Å². The van der Waals surface area contributed by atoms with E-state index in [9.17, 15) is 0 Å². The Morgan fingerprint density at radius 3 is 0.909 bits per heavy atom. The lowest BCUT2D eigenvalue weighted by atomic mass is 9.89. The van der Waals surface area contributed by atoms with Crippen LogP contribution in [-0.2, 0) is 0 Å². The van der Waals surface area contributed by atoms with Gasteiger partial charge in [-0.2, -0.15) is 0 Å². The van der Waals surface area contributed by atoms with Gasteiger partial charge in [-0.3, -0.25) is 0 Å². The van der Waals surface area contributed by atoms with Gasteiger partial charge in [0.1, 0.15) is 0 Å². The largest absolute Gasteiger partial charge is 0.0616 e. The van der Waals surface area contributed by atoms with Crippen LogP contribution < -0.4 is 0 Å². The maximum atomic E-state index is 2.30. The smallest absolute Gasteiger partial charge is 0.00139 e. The Balaban J connectivity index is 2.07. The zero-order valence-corrected chi connectivity index (χ0v) is 11.9. The van der Waals surface area contributed by atoms with Gasteiger partial charge in [0.25, 0.3) is 0 Å². The van der Waals surface area contributed by atoms with Gasteiger partial charge in [0.05, 0.1) is 0 Å². The molecule has 0 aromatic heterocycles. The molecule has 0 N–H and O–H groups in total. The molecule has 2 aliphatic rings. The molecule has 0 nitrogen and oxygen atoms in total. The molecule has 0 saturated heterocycles. The fourth-order valence-electron chi connectivity index (χ4n) is 4.30. The summed E-state index contributed by atoms with van der Waals surface area (Å²) in [5.74, 6) is 0. The maximum absolute atomic E-state index is 2.30. The van der Waals surface area contributed by atoms with Crippen molar-refractivity contribution in [3.05, 3.63) is 70.8 Å². The molecule has 0 bridgehead atoms. The zero-order chi connectivity index (χ0) is 14.3. The summed E-state index contributed by atoms with van der Waals surface area (Å²) in [4.78, 5) is 0. The highest BCUT2D eigenvalue weighted by molar-refractivity contribution is 6.29. The van der Waals surface area contributed by atoms with Gasteiger partial charge in [-0.15, -0.1) is 0 Å². The van der Waals surface area contributed by atoms with Gasteiger partial charge in [0, 0.05) is 0 Å². The fraction of sp³-hybridized carbons (Fsp3) is 0. The summed E-state index contributed by atoms with van der Waals surface area (Å²) in [6.07, 6.45) is 9.19. The molecule has 0 radical (unpaired) electrons. The van der Waals surface area contributed by atoms with Crippen molar-refractivity contribution in [2.45, 2.75) is 0 Å². The summed E-state index contributed by atoms with van der Waals surface area (Å²) in [6.45, 7) is 0. The Bertz CT molecular complexity index is 1020. The van der Waals surface area contributed by atoms with Crippen LogP contribution in [0, 0.1) is 0 Å². The molecule has 0 atom stereocenters. The van der Waals surface area contributed by atoms with E-state index in [0.29, 0.717) is 0 Å². The minimum Gasteiger partial charge on any atom is -0.0616 e. The first-order valence-electron chi connectivity index (χ1n) is 7.73. The van der Waals surface area contributed by atoms with Crippen molar-refractivity contribution in [3.63, 3.8) is 0 Å². The molecule has 4 aromatic rings. The Morgan fingerprint density at radius 2 is 0.636 bits per heavy atom. The van der Waals surface area contributed by atoms with Crippen molar-refractivity contribution in [1.29, 1.82) is 0 Å². The molecule has 0 unspecified atom stereocenters. The number of hydrogen-bond acceptors (Lipinski definition) is 0. The zero-order valence-electron chi connectivity index (χ0n) is 11.9. The summed E-state index contributed by atoms with van der Waals surface area (Å²) in [6, 6.07) is 17.6. The number of benzene rings is 4. The minimum atomic E-state index is 1.37. The average Bonchev–Trinajstić information content (AvgIpc) is 3.19. The van der Waals surface area contributed by atoms with Crippen molar-refractivity contribution >= 4 is 56.6 Å². The molecule has 0 saturated carbocycles. The van der Waals surface area contributed by atoms with Crippen molar-refractivity contribution in [2.24, 2.45) is 0 Å². The molecule has 4 aromatic carbocycles. The molecule has 0 spiro atoms. The Morgan fingerprint density at radius 1 is 0.364 bits per heavy atom. The van der Waals surface area contributed by atoms with Crippen LogP contribution in [0.25, 0.3) is 56.6 Å². The first-order chi connectivity index (χ1) is 10.9. The van der Waals surface area contributed by atoms with Gasteiger partial charge in [-0.25, -0.2) is 0 Å². The molecule has 0 amide bonds. The maximum Gasteiger partial charge on any atom is -0.00139 e. The lowest BCUT2D eigenvalue weighted by molar-refractivity contribution is 1.74. The molecular weight excluding hydrogens is 264 g/mol. The van der Waals surface area contributed by atoms with E-state index in [1.54, 1.807) is 0 Å². The van der Waals surface area contributed by atoms with Gasteiger partial charge in [-0.1, -0.05) is 72.8 Å². The van der Waals surface area contributed by atoms with Gasteiger partial charge in [-0.05, 0) is 54.6 Å². The molecule has 6 rings (SSSR count). The van der Waals surface area contributed by atoms with E-state index in [1.807, 2.05) is 0 Å². The predicted molar refractivity (Wildman–Crippen MR) is 96.8 cm³/mol. The molecular formula is C22H12. The molecule has 0 heterocycles. The third kappa shape index (κ3) is 1.05. The standard InChI is InChI=1S/C22H12/c1-2-6-14-13(5-1)17-9-10-19-15-7-3-4-8-16(15)20-12-11-18(14)22(20)21(17)19/h1-12H. The second kappa shape index (κ2) is 3.48. The second-order valence-electron chi connectivity index (χ2n) is 6.16. The summed E-state index contributed by atoms with van der Waals surface area (Å²) < 4.78 is 0. The van der Waals surface area contributed by atoms with Crippen LogP contribution in [0.2, 0.25) is 0 Å². The highest BCUT2D eigenvalue weighted by Crippen LogP contribution is 2.48. The molecule has 0 fully saturated rings. The molecule has 100 valence electrons. The van der Waals surface area contributed by atoms with Crippen LogP contribution in [-0.4, -0.2) is 0 Å². The highest BCUT2D eigenvalue weighted by atomic mass is 14.3. The van der Waals surface area contributed by atoms with Crippen LogP contribution in [0.1, 0.15) is 22.3 Å². The van der Waals surface area contributed by atoms with Crippen molar-refractivity contribution in [1.82, 2.24) is 0 Å². The van der Waals surface area contributed by atoms with E-state index < -0.39 is 0 Å². The van der Waals surface area contributed by atoms with Crippen LogP contribution in [0.15, 0.2) is 48.5 Å². The molecule has 0 heteroatoms. The lowest BCUT2D eigenvalue weighted by Gasteiger charge is -2.13. The van der Waals surface area contributed by atoms with Crippen LogP contribution in [0.4, 0.5) is 0 Å². The van der Waals surface area contributed by atoms with Crippen LogP contribution in [0.5, 0.6) is 0 Å². The quantitative estimate of drug-likeness (QED) is 0.293. The summed E-state index contributed by atoms with van der Waals surface area (Å²) in [7, 11) is 0. The predicted octanol–water partition coefficient (Wildman–Crippen LogP) is 6.11. The Hall–Kier alpha value is -2.86. The number of hydrogen-bond donors (Lipinski definition) is 0. The summed E-state index contributed by atoms with van der Waals surface area (Å²) >= 11 is 0. The van der Waals surface area contributed by atoms with E-state index in [2.05, 4.69) is 72.8 Å². The average molecular weight is 276 g/mol. The Labute approximate surface area is 128 Å². The SMILES string of the molecule is C1=Cc2c3ccccc3c3c4c(c5ccccc5c1c24)C=C3. The minimum absolute atomic E-state index is 1.37. The molecule has 22 heavy (non-hydrogen) atoms. The van der Waals surface area contributed by atoms with E-state index in [1.165, 1.54) is 54.6 Å². The first-order valence-corrected chi connectivity index (χ1v) is 7.73. The van der Waals surface area contributed by atoms with Gasteiger partial charge in [0.15, 0.2) is 0 Å². The van der Waals surface area contributed by atoms with E-state index in [-0.39, 0.29) is 0 Å². The number of rotatable bonds is 0. The molecule has 0 aliphatic heterocycles. The van der Waals surface area contributed by atoms with E-state index in [4.69, 9.17) is 0 Å². The van der Waals surface area contributed by atoms with Crippen molar-refractivity contribution in [2.75, 3.05) is 0 Å². The monoisotopic (exact) mass is 276 g/mol. The summed E-state index contributed by atoms with van der Waals surface area (Å²) in [5.41, 5.74) is 5.56. The van der Waals surface area contributed by atoms with Gasteiger partial charge >= 0.3 is 0 Å². The van der Waals surface area contributed by atoms with Gasteiger partial charge in [0.2, 0.25) is 0 Å². The van der Waals surface area contributed by atoms with Gasteiger partial charge < -0.3 is 0 Å². The van der Waals surface area contributed by atoms with E-state index in [0.717, 1.165) is 0 Å². The third-order valence-corrected chi connectivity index (χ3v) is 5.18. The topological polar surface area (TPSA) is 0 Å². The van der Waals surface area contributed by atoms with E-state index >= 15 is 0 Å². The fourth-order valence-corrected chi connectivity index (χ4v) is 4.30. The highest BCUT2D eigenvalue weighted by Gasteiger charge is 2.23. The first kappa shape index (κ1) is 10.8. The number of fused-ring (bicyclic) bond motifs is 6. The van der Waals surface area contributed by atoms with Crippen LogP contribution in [0.3, 0.4) is 0 Å². The Kier molecular flexibility index (Phi) is 1.71. The van der Waals surface area contributed by atoms with Crippen molar-refractivity contribution < 1.29 is 0 Å². The summed E-state index contributed by atoms with van der Waals surface area (Å²) in [5, 5.41) is 8.35.